The van der Waals surface area contributed by atoms with Gasteiger partial charge in [-0.25, -0.2) is 4.39 Å². The zero-order valence-electron chi connectivity index (χ0n) is 17.3. The lowest BCUT2D eigenvalue weighted by Gasteiger charge is -2.26. The molecule has 1 unspecified atom stereocenters. The molecule has 5 nitrogen and oxygen atoms in total. The number of H-pyrrole nitrogens is 1. The number of nitrogens with one attached hydrogen (secondary N) is 1. The van der Waals surface area contributed by atoms with Gasteiger partial charge in [0, 0.05) is 43.7 Å². The number of aromatic amines is 1. The fourth-order valence-corrected chi connectivity index (χ4v) is 4.32. The lowest BCUT2D eigenvalue weighted by molar-refractivity contribution is -0.142. The maximum atomic E-state index is 13.4. The molecule has 2 amide bonds. The minimum atomic E-state index is -0.355. The first-order chi connectivity index (χ1) is 14.5. The largest absolute Gasteiger partial charge is 0.354 e. The third-order valence-corrected chi connectivity index (χ3v) is 5.83. The van der Waals surface area contributed by atoms with Crippen LogP contribution in [0, 0.1) is 5.82 Å². The lowest BCUT2D eigenvalue weighted by Crippen LogP contribution is -2.45. The molecule has 1 atom stereocenters. The molecule has 30 heavy (non-hydrogen) atoms. The molecule has 0 aliphatic carbocycles. The second kappa shape index (κ2) is 8.30. The number of amides is 2. The number of para-hydroxylation sites is 1. The summed E-state index contributed by atoms with van der Waals surface area (Å²) in [5, 5.41) is 1.06. The maximum absolute atomic E-state index is 13.4. The van der Waals surface area contributed by atoms with Crippen LogP contribution in [0.3, 0.4) is 0 Å². The molecule has 156 valence electrons. The number of aromatic nitrogens is 1. The Labute approximate surface area is 175 Å². The number of halogens is 1. The van der Waals surface area contributed by atoms with Gasteiger partial charge in [0.2, 0.25) is 11.8 Å². The Morgan fingerprint density at radius 1 is 1.13 bits per heavy atom. The summed E-state index contributed by atoms with van der Waals surface area (Å²) < 4.78 is 13.4. The molecule has 0 saturated carbocycles. The topological polar surface area (TPSA) is 56.4 Å². The molecule has 3 aromatic rings. The number of likely N-dealkylation sites (N-methyl/N-ethyl adjacent to an activating group) is 1. The van der Waals surface area contributed by atoms with Crippen LogP contribution in [0.4, 0.5) is 4.39 Å². The average Bonchev–Trinajstić information content (AvgIpc) is 3.37. The van der Waals surface area contributed by atoms with E-state index in [0.717, 1.165) is 40.6 Å². The molecule has 0 spiro atoms. The Hall–Kier alpha value is -3.15. The van der Waals surface area contributed by atoms with Gasteiger partial charge >= 0.3 is 0 Å². The molecule has 0 bridgehead atoms. The van der Waals surface area contributed by atoms with Crippen LogP contribution in [0.25, 0.3) is 22.2 Å². The molecule has 2 heterocycles. The highest BCUT2D eigenvalue weighted by Gasteiger charge is 2.34. The van der Waals surface area contributed by atoms with Gasteiger partial charge in [0.15, 0.2) is 0 Å². The number of likely N-dealkylation sites (tertiary alicyclic amines) is 1. The van der Waals surface area contributed by atoms with Crippen LogP contribution in [0.5, 0.6) is 0 Å². The fraction of sp³-hybridized carbons (Fsp3) is 0.333. The summed E-state index contributed by atoms with van der Waals surface area (Å²) in [6.07, 6.45) is 2.45. The summed E-state index contributed by atoms with van der Waals surface area (Å²) in [4.78, 5) is 32.1. The van der Waals surface area contributed by atoms with Crippen LogP contribution in [0.1, 0.15) is 24.8 Å². The Bertz CT molecular complexity index is 1070. The highest BCUT2D eigenvalue weighted by atomic mass is 19.1. The van der Waals surface area contributed by atoms with Gasteiger partial charge in [-0.3, -0.25) is 9.59 Å². The molecule has 1 aromatic heterocycles. The third-order valence-electron chi connectivity index (χ3n) is 5.83. The second-order valence-corrected chi connectivity index (χ2v) is 8.01. The molecule has 1 N–H and O–H groups in total. The van der Waals surface area contributed by atoms with Gasteiger partial charge in [-0.05, 0) is 60.7 Å². The number of rotatable bonds is 5. The molecule has 1 aliphatic heterocycles. The minimum absolute atomic E-state index is 0.00281. The summed E-state index contributed by atoms with van der Waals surface area (Å²) in [6.45, 7) is 0.627. The van der Waals surface area contributed by atoms with Gasteiger partial charge in [0.1, 0.15) is 11.9 Å². The van der Waals surface area contributed by atoms with Gasteiger partial charge < -0.3 is 14.8 Å². The summed E-state index contributed by atoms with van der Waals surface area (Å²) in [5.41, 5.74) is 3.82. The van der Waals surface area contributed by atoms with E-state index >= 15 is 0 Å². The van der Waals surface area contributed by atoms with E-state index in [4.69, 9.17) is 0 Å². The van der Waals surface area contributed by atoms with E-state index in [9.17, 15) is 14.0 Å². The van der Waals surface area contributed by atoms with Crippen molar-refractivity contribution in [3.8, 4) is 11.3 Å². The van der Waals surface area contributed by atoms with Crippen molar-refractivity contribution in [3.05, 3.63) is 59.9 Å². The average molecular weight is 407 g/mol. The monoisotopic (exact) mass is 407 g/mol. The Morgan fingerprint density at radius 2 is 1.87 bits per heavy atom. The highest BCUT2D eigenvalue weighted by Crippen LogP contribution is 2.32. The van der Waals surface area contributed by atoms with Gasteiger partial charge in [-0.2, -0.15) is 0 Å². The number of carbonyl (C=O) groups excluding carboxylic acids is 2. The van der Waals surface area contributed by atoms with E-state index in [2.05, 4.69) is 4.98 Å². The number of carbonyl (C=O) groups is 2. The number of fused-ring (bicyclic) bond motifs is 1. The van der Waals surface area contributed by atoms with E-state index < -0.39 is 0 Å². The van der Waals surface area contributed by atoms with E-state index in [0.29, 0.717) is 19.4 Å². The minimum Gasteiger partial charge on any atom is -0.354 e. The van der Waals surface area contributed by atoms with Crippen LogP contribution in [-0.4, -0.2) is 53.3 Å². The van der Waals surface area contributed by atoms with E-state index in [-0.39, 0.29) is 23.7 Å². The molecular formula is C24H26FN3O2. The SMILES string of the molecule is CN(C)C(=O)C1CCCN1C(=O)CCc1c(-c2ccc(F)cc2)[nH]c2ccccc12. The molecule has 4 rings (SSSR count). The number of benzene rings is 2. The van der Waals surface area contributed by atoms with Crippen molar-refractivity contribution in [1.29, 1.82) is 0 Å². The Morgan fingerprint density at radius 3 is 2.60 bits per heavy atom. The molecule has 0 radical (unpaired) electrons. The number of aryl methyl sites for hydroxylation is 1. The molecular weight excluding hydrogens is 381 g/mol. The highest BCUT2D eigenvalue weighted by molar-refractivity contribution is 5.92. The Balaban J connectivity index is 1.59. The molecule has 6 heteroatoms. The Kier molecular flexibility index (Phi) is 5.57. The first kappa shape index (κ1) is 20.1. The van der Waals surface area contributed by atoms with Crippen LogP contribution >= 0.6 is 0 Å². The zero-order valence-corrected chi connectivity index (χ0v) is 17.3. The first-order valence-electron chi connectivity index (χ1n) is 10.3. The van der Waals surface area contributed by atoms with Gasteiger partial charge in [-0.15, -0.1) is 0 Å². The molecule has 1 saturated heterocycles. The number of hydrogen-bond donors (Lipinski definition) is 1. The summed E-state index contributed by atoms with van der Waals surface area (Å²) in [5.74, 6) is -0.291. The predicted octanol–water partition coefficient (Wildman–Crippen LogP) is 3.99. The van der Waals surface area contributed by atoms with Crippen LogP contribution < -0.4 is 0 Å². The fourth-order valence-electron chi connectivity index (χ4n) is 4.32. The summed E-state index contributed by atoms with van der Waals surface area (Å²) in [7, 11) is 3.45. The van der Waals surface area contributed by atoms with Crippen molar-refractivity contribution < 1.29 is 14.0 Å². The second-order valence-electron chi connectivity index (χ2n) is 8.01. The van der Waals surface area contributed by atoms with E-state index in [1.807, 2.05) is 24.3 Å². The van der Waals surface area contributed by atoms with Crippen molar-refractivity contribution in [2.75, 3.05) is 20.6 Å². The standard InChI is InChI=1S/C24H26FN3O2/c1-27(2)24(30)21-8-5-15-28(21)22(29)14-13-19-18-6-3-4-7-20(18)26-23(19)16-9-11-17(25)12-10-16/h3-4,6-7,9-12,21,26H,5,8,13-15H2,1-2H3. The van der Waals surface area contributed by atoms with Crippen molar-refractivity contribution in [1.82, 2.24) is 14.8 Å². The van der Waals surface area contributed by atoms with E-state index in [1.165, 1.54) is 12.1 Å². The smallest absolute Gasteiger partial charge is 0.244 e. The van der Waals surface area contributed by atoms with Gasteiger partial charge in [0.05, 0.1) is 0 Å². The van der Waals surface area contributed by atoms with E-state index in [1.54, 1.807) is 36.0 Å². The number of nitrogens with zero attached hydrogens (tertiary/aromatic N) is 2. The van der Waals surface area contributed by atoms with Crippen LogP contribution in [0.2, 0.25) is 0 Å². The maximum Gasteiger partial charge on any atom is 0.244 e. The predicted molar refractivity (Wildman–Crippen MR) is 115 cm³/mol. The van der Waals surface area contributed by atoms with Gasteiger partial charge in [-0.1, -0.05) is 18.2 Å². The van der Waals surface area contributed by atoms with Crippen molar-refractivity contribution in [2.24, 2.45) is 0 Å². The summed E-state index contributed by atoms with van der Waals surface area (Å²) >= 11 is 0. The summed E-state index contributed by atoms with van der Waals surface area (Å²) in [6, 6.07) is 14.0. The van der Waals surface area contributed by atoms with Crippen LogP contribution in [-0.2, 0) is 16.0 Å². The number of hydrogen-bond acceptors (Lipinski definition) is 2. The quantitative estimate of drug-likeness (QED) is 0.695. The van der Waals surface area contributed by atoms with Gasteiger partial charge in [0.25, 0.3) is 0 Å². The lowest BCUT2D eigenvalue weighted by atomic mass is 10.0. The zero-order chi connectivity index (χ0) is 21.3. The third kappa shape index (κ3) is 3.82. The van der Waals surface area contributed by atoms with Crippen molar-refractivity contribution in [2.45, 2.75) is 31.7 Å². The molecule has 1 aliphatic rings. The molecule has 1 fully saturated rings. The molecule has 2 aromatic carbocycles. The van der Waals surface area contributed by atoms with Crippen molar-refractivity contribution >= 4 is 22.7 Å². The first-order valence-corrected chi connectivity index (χ1v) is 10.3. The van der Waals surface area contributed by atoms with Crippen molar-refractivity contribution in [3.63, 3.8) is 0 Å². The van der Waals surface area contributed by atoms with Crippen LogP contribution in [0.15, 0.2) is 48.5 Å². The normalized spacial score (nSPS) is 16.2.